The Morgan fingerprint density at radius 1 is 1.26 bits per heavy atom. The summed E-state index contributed by atoms with van der Waals surface area (Å²) in [6, 6.07) is 5.28. The van der Waals surface area contributed by atoms with Crippen molar-refractivity contribution in [2.75, 3.05) is 5.32 Å². The molecular formula is C11H10N6O2. The van der Waals surface area contributed by atoms with E-state index < -0.39 is 0 Å². The Kier molecular flexibility index (Phi) is 2.67. The van der Waals surface area contributed by atoms with Gasteiger partial charge in [-0.05, 0) is 12.1 Å². The molecule has 1 aliphatic heterocycles. The third-order valence-electron chi connectivity index (χ3n) is 2.76. The van der Waals surface area contributed by atoms with E-state index >= 15 is 0 Å². The number of carbonyl (C=O) groups is 2. The molecular weight excluding hydrogens is 248 g/mol. The van der Waals surface area contributed by atoms with Crippen LogP contribution in [0.5, 0.6) is 0 Å². The molecule has 0 radical (unpaired) electrons. The van der Waals surface area contributed by atoms with Crippen LogP contribution < -0.4 is 10.7 Å². The normalized spacial score (nSPS) is 14.9. The van der Waals surface area contributed by atoms with E-state index in [9.17, 15) is 9.59 Å². The fourth-order valence-electron chi connectivity index (χ4n) is 1.80. The number of carbonyl (C=O) groups excluding carboxylic acids is 2. The molecule has 3 N–H and O–H groups in total. The van der Waals surface area contributed by atoms with Gasteiger partial charge in [0.25, 0.3) is 5.91 Å². The summed E-state index contributed by atoms with van der Waals surface area (Å²) in [5.41, 5.74) is 4.37. The molecule has 0 saturated heterocycles. The maximum Gasteiger partial charge on any atom is 0.271 e. The molecule has 0 aliphatic carbocycles. The Hall–Kier alpha value is -2.77. The maximum absolute atomic E-state index is 12.0. The average molecular weight is 258 g/mol. The van der Waals surface area contributed by atoms with E-state index in [0.29, 0.717) is 28.9 Å². The summed E-state index contributed by atoms with van der Waals surface area (Å²) >= 11 is 0. The number of amides is 2. The second kappa shape index (κ2) is 4.48. The molecule has 8 nitrogen and oxygen atoms in total. The summed E-state index contributed by atoms with van der Waals surface area (Å²) in [5.74, 6) is -0.536. The number of hydrazone groups is 1. The second-order valence-corrected chi connectivity index (χ2v) is 4.04. The van der Waals surface area contributed by atoms with Crippen LogP contribution in [0.3, 0.4) is 0 Å². The van der Waals surface area contributed by atoms with Crippen molar-refractivity contribution in [3.8, 4) is 0 Å². The van der Waals surface area contributed by atoms with Crippen LogP contribution in [-0.4, -0.2) is 32.9 Å². The minimum Gasteiger partial charge on any atom is -0.319 e. The number of hydrogen-bond acceptors (Lipinski definition) is 5. The Balaban J connectivity index is 1.83. The smallest absolute Gasteiger partial charge is 0.271 e. The van der Waals surface area contributed by atoms with Crippen molar-refractivity contribution in [2.24, 2.45) is 5.10 Å². The zero-order valence-electron chi connectivity index (χ0n) is 9.80. The number of hydrogen-bond donors (Lipinski definition) is 3. The molecule has 1 aromatic heterocycles. The van der Waals surface area contributed by atoms with Crippen molar-refractivity contribution in [2.45, 2.75) is 12.8 Å². The first-order valence-corrected chi connectivity index (χ1v) is 5.70. The molecule has 0 unspecified atom stereocenters. The molecule has 2 aromatic rings. The van der Waals surface area contributed by atoms with E-state index in [2.05, 4.69) is 31.3 Å². The molecule has 1 aromatic carbocycles. The summed E-state index contributed by atoms with van der Waals surface area (Å²) in [7, 11) is 0. The lowest BCUT2D eigenvalue weighted by Crippen LogP contribution is -2.32. The molecule has 0 spiro atoms. The van der Waals surface area contributed by atoms with Crippen LogP contribution in [0, 0.1) is 0 Å². The van der Waals surface area contributed by atoms with Gasteiger partial charge in [0.1, 0.15) is 16.7 Å². The standard InChI is InChI=1S/C11H10N6O2/c18-9-5-4-8(13-15-9)11(19)12-6-2-1-3-7-10(6)16-17-14-7/h1-3H,4-5H2,(H,12,19)(H,15,18)(H,14,16,17). The van der Waals surface area contributed by atoms with Gasteiger partial charge in [0, 0.05) is 12.8 Å². The molecule has 1 aliphatic rings. The molecule has 19 heavy (non-hydrogen) atoms. The molecule has 0 saturated carbocycles. The monoisotopic (exact) mass is 258 g/mol. The first-order valence-electron chi connectivity index (χ1n) is 5.70. The molecule has 0 fully saturated rings. The summed E-state index contributed by atoms with van der Waals surface area (Å²) in [6.45, 7) is 0. The van der Waals surface area contributed by atoms with Gasteiger partial charge in [-0.25, -0.2) is 5.43 Å². The number of nitrogens with one attached hydrogen (secondary N) is 3. The van der Waals surface area contributed by atoms with Crippen molar-refractivity contribution in [3.05, 3.63) is 18.2 Å². The molecule has 2 heterocycles. The third kappa shape index (κ3) is 2.15. The van der Waals surface area contributed by atoms with Gasteiger partial charge < -0.3 is 5.32 Å². The van der Waals surface area contributed by atoms with Gasteiger partial charge in [-0.15, -0.1) is 0 Å². The van der Waals surface area contributed by atoms with Crippen LogP contribution in [0.1, 0.15) is 12.8 Å². The van der Waals surface area contributed by atoms with Crippen molar-refractivity contribution >= 4 is 34.2 Å². The Bertz CT molecular complexity index is 689. The number of H-pyrrole nitrogens is 1. The number of para-hydroxylation sites is 1. The fraction of sp³-hybridized carbons (Fsp3) is 0.182. The van der Waals surface area contributed by atoms with Gasteiger partial charge in [0.15, 0.2) is 0 Å². The molecule has 0 atom stereocenters. The highest BCUT2D eigenvalue weighted by molar-refractivity contribution is 6.44. The van der Waals surface area contributed by atoms with Gasteiger partial charge in [0.05, 0.1) is 5.69 Å². The van der Waals surface area contributed by atoms with Gasteiger partial charge in [-0.2, -0.15) is 20.5 Å². The minimum absolute atomic E-state index is 0.185. The van der Waals surface area contributed by atoms with Crippen molar-refractivity contribution in [1.82, 2.24) is 20.8 Å². The average Bonchev–Trinajstić information content (AvgIpc) is 2.89. The van der Waals surface area contributed by atoms with Crippen LogP contribution in [0.15, 0.2) is 23.3 Å². The van der Waals surface area contributed by atoms with E-state index in [0.717, 1.165) is 0 Å². The van der Waals surface area contributed by atoms with Crippen molar-refractivity contribution < 1.29 is 9.59 Å². The maximum atomic E-state index is 12.0. The van der Waals surface area contributed by atoms with Crippen LogP contribution >= 0.6 is 0 Å². The number of nitrogens with zero attached hydrogens (tertiary/aromatic N) is 3. The minimum atomic E-state index is -0.351. The largest absolute Gasteiger partial charge is 0.319 e. The number of aromatic nitrogens is 3. The Labute approximate surface area is 107 Å². The summed E-state index contributed by atoms with van der Waals surface area (Å²) < 4.78 is 0. The zero-order valence-corrected chi connectivity index (χ0v) is 9.80. The topological polar surface area (TPSA) is 112 Å². The third-order valence-corrected chi connectivity index (χ3v) is 2.76. The second-order valence-electron chi connectivity index (χ2n) is 4.04. The lowest BCUT2D eigenvalue weighted by molar-refractivity contribution is -0.121. The summed E-state index contributed by atoms with van der Waals surface area (Å²) in [6.07, 6.45) is 0.590. The van der Waals surface area contributed by atoms with E-state index in [4.69, 9.17) is 0 Å². The van der Waals surface area contributed by atoms with E-state index in [1.54, 1.807) is 18.2 Å². The van der Waals surface area contributed by atoms with Crippen molar-refractivity contribution in [1.29, 1.82) is 0 Å². The molecule has 8 heteroatoms. The summed E-state index contributed by atoms with van der Waals surface area (Å²) in [4.78, 5) is 22.9. The Morgan fingerprint density at radius 3 is 2.95 bits per heavy atom. The van der Waals surface area contributed by atoms with Gasteiger partial charge in [0.2, 0.25) is 5.91 Å². The van der Waals surface area contributed by atoms with Crippen molar-refractivity contribution in [3.63, 3.8) is 0 Å². The number of anilines is 1. The molecule has 3 rings (SSSR count). The Morgan fingerprint density at radius 2 is 2.16 bits per heavy atom. The summed E-state index contributed by atoms with van der Waals surface area (Å²) in [5, 5.41) is 16.8. The predicted octanol–water partition coefficient (Wildman–Crippen LogP) is 0.162. The zero-order chi connectivity index (χ0) is 13.2. The fourth-order valence-corrected chi connectivity index (χ4v) is 1.80. The van der Waals surface area contributed by atoms with Gasteiger partial charge >= 0.3 is 0 Å². The number of fused-ring (bicyclic) bond motifs is 1. The van der Waals surface area contributed by atoms with Crippen LogP contribution in [0.25, 0.3) is 11.0 Å². The first kappa shape index (κ1) is 11.3. The molecule has 2 amide bonds. The highest BCUT2D eigenvalue weighted by Crippen LogP contribution is 2.19. The quantitative estimate of drug-likeness (QED) is 0.712. The van der Waals surface area contributed by atoms with E-state index in [1.165, 1.54) is 0 Å². The number of rotatable bonds is 2. The van der Waals surface area contributed by atoms with Crippen LogP contribution in [0.4, 0.5) is 5.69 Å². The number of aromatic amines is 1. The van der Waals surface area contributed by atoms with E-state index in [-0.39, 0.29) is 18.2 Å². The van der Waals surface area contributed by atoms with Crippen LogP contribution in [-0.2, 0) is 9.59 Å². The SMILES string of the molecule is O=C1CCC(C(=O)Nc2cccc3n[nH]nc23)=NN1. The predicted molar refractivity (Wildman–Crippen MR) is 67.3 cm³/mol. The van der Waals surface area contributed by atoms with Gasteiger partial charge in [-0.1, -0.05) is 6.07 Å². The number of benzene rings is 1. The first-order chi connectivity index (χ1) is 9.24. The lowest BCUT2D eigenvalue weighted by atomic mass is 10.1. The lowest BCUT2D eigenvalue weighted by Gasteiger charge is -2.11. The highest BCUT2D eigenvalue weighted by Gasteiger charge is 2.19. The van der Waals surface area contributed by atoms with Gasteiger partial charge in [-0.3, -0.25) is 9.59 Å². The molecule has 96 valence electrons. The molecule has 0 bridgehead atoms. The highest BCUT2D eigenvalue weighted by atomic mass is 16.2. The van der Waals surface area contributed by atoms with E-state index in [1.807, 2.05) is 0 Å². The van der Waals surface area contributed by atoms with Crippen LogP contribution in [0.2, 0.25) is 0 Å².